The van der Waals surface area contributed by atoms with Gasteiger partial charge in [0.1, 0.15) is 17.1 Å². The molecule has 0 aromatic heterocycles. The van der Waals surface area contributed by atoms with Crippen molar-refractivity contribution in [2.75, 3.05) is 18.8 Å². The lowest BCUT2D eigenvalue weighted by Crippen LogP contribution is -2.36. The number of benzene rings is 3. The van der Waals surface area contributed by atoms with Crippen molar-refractivity contribution in [3.63, 3.8) is 0 Å². The van der Waals surface area contributed by atoms with E-state index in [9.17, 15) is 34.2 Å². The number of amides is 4. The topological polar surface area (TPSA) is 187 Å². The zero-order chi connectivity index (χ0) is 35.2. The lowest BCUT2D eigenvalue weighted by Gasteiger charge is -2.17. The number of hydrogen-bond acceptors (Lipinski definition) is 8. The molecule has 6 N–H and O–H groups in total. The molecule has 2 saturated heterocycles. The van der Waals surface area contributed by atoms with Crippen molar-refractivity contribution in [2.24, 2.45) is 0 Å². The largest absolute Gasteiger partial charge is 0.508 e. The maximum Gasteiger partial charge on any atom is 0.336 e. The van der Waals surface area contributed by atoms with E-state index in [2.05, 4.69) is 21.3 Å². The van der Waals surface area contributed by atoms with Gasteiger partial charge in [-0.1, -0.05) is 19.3 Å². The number of carbonyl (C=O) groups is 4. The van der Waals surface area contributed by atoms with Crippen molar-refractivity contribution < 1.29 is 33.8 Å². The molecule has 2 aromatic carbocycles. The van der Waals surface area contributed by atoms with Crippen molar-refractivity contribution in [1.82, 2.24) is 21.3 Å². The first kappa shape index (κ1) is 34.8. The smallest absolute Gasteiger partial charge is 0.336 e. The first-order chi connectivity index (χ1) is 24.2. The summed E-state index contributed by atoms with van der Waals surface area (Å²) >= 11 is 1.88. The Hall–Kier alpha value is -5.04. The van der Waals surface area contributed by atoms with E-state index in [4.69, 9.17) is 4.42 Å². The van der Waals surface area contributed by atoms with Gasteiger partial charge >= 0.3 is 12.0 Å². The number of thioether (sulfide) groups is 1. The first-order valence-electron chi connectivity index (χ1n) is 17.0. The number of aromatic hydroxyl groups is 1. The van der Waals surface area contributed by atoms with E-state index in [0.29, 0.717) is 41.3 Å². The van der Waals surface area contributed by atoms with Gasteiger partial charge in [0.05, 0.1) is 17.6 Å². The van der Waals surface area contributed by atoms with Crippen LogP contribution in [0, 0.1) is 0 Å². The zero-order valence-corrected chi connectivity index (χ0v) is 28.3. The molecule has 3 aliphatic heterocycles. The second kappa shape index (κ2) is 15.7. The van der Waals surface area contributed by atoms with E-state index < -0.39 is 5.97 Å². The summed E-state index contributed by atoms with van der Waals surface area (Å²) in [6, 6.07) is 13.4. The Bertz CT molecular complexity index is 1940. The second-order valence-electron chi connectivity index (χ2n) is 12.8. The van der Waals surface area contributed by atoms with E-state index >= 15 is 0 Å². The van der Waals surface area contributed by atoms with Gasteiger partial charge in [-0.15, -0.1) is 0 Å². The Morgan fingerprint density at radius 1 is 0.860 bits per heavy atom. The van der Waals surface area contributed by atoms with Gasteiger partial charge in [0.15, 0.2) is 5.43 Å². The summed E-state index contributed by atoms with van der Waals surface area (Å²) in [6.45, 7) is 1.04. The zero-order valence-electron chi connectivity index (χ0n) is 27.5. The number of hydrogen-bond donors (Lipinski definition) is 6. The summed E-state index contributed by atoms with van der Waals surface area (Å²) < 4.78 is 5.89. The number of phenolic OH excluding ortho intramolecular Hbond substituents is 1. The number of urea groups is 1. The van der Waals surface area contributed by atoms with Crippen molar-refractivity contribution in [3.05, 3.63) is 75.9 Å². The quantitative estimate of drug-likeness (QED) is 0.0557. The lowest BCUT2D eigenvalue weighted by molar-refractivity contribution is -0.121. The fourth-order valence-corrected chi connectivity index (χ4v) is 8.27. The highest BCUT2D eigenvalue weighted by Gasteiger charge is 2.42. The molecular weight excluding hydrogens is 660 g/mol. The average Bonchev–Trinajstić information content (AvgIpc) is 3.65. The van der Waals surface area contributed by atoms with Crippen LogP contribution >= 0.6 is 11.8 Å². The molecule has 3 heterocycles. The Morgan fingerprint density at radius 2 is 1.66 bits per heavy atom. The Balaban J connectivity index is 0.958. The van der Waals surface area contributed by atoms with Crippen LogP contribution in [-0.2, 0) is 4.79 Å². The predicted molar refractivity (Wildman–Crippen MR) is 191 cm³/mol. The molecule has 3 unspecified atom stereocenters. The van der Waals surface area contributed by atoms with Crippen LogP contribution in [0.3, 0.4) is 0 Å². The van der Waals surface area contributed by atoms with E-state index in [0.717, 1.165) is 50.7 Å². The third-order valence-electron chi connectivity index (χ3n) is 9.25. The number of carboxylic acid groups (broad SMARTS) is 1. The maximum absolute atomic E-state index is 13.2. The number of carbonyl (C=O) groups excluding carboxylic acids is 3. The molecule has 2 aromatic rings. The molecule has 0 radical (unpaired) electrons. The molecule has 4 aliphatic rings. The van der Waals surface area contributed by atoms with E-state index in [1.807, 2.05) is 11.8 Å². The monoisotopic (exact) mass is 700 g/mol. The maximum atomic E-state index is 13.2. The van der Waals surface area contributed by atoms with Gasteiger partial charge in [-0.05, 0) is 73.7 Å². The summed E-state index contributed by atoms with van der Waals surface area (Å²) in [5, 5.41) is 32.9. The number of aromatic carboxylic acids is 1. The summed E-state index contributed by atoms with van der Waals surface area (Å²) in [4.78, 5) is 61.3. The fraction of sp³-hybridized carbons (Fsp3) is 0.378. The molecule has 3 atom stereocenters. The summed E-state index contributed by atoms with van der Waals surface area (Å²) in [7, 11) is 0. The Labute approximate surface area is 292 Å². The first-order valence-corrected chi connectivity index (χ1v) is 18.0. The molecule has 13 heteroatoms. The van der Waals surface area contributed by atoms with Gasteiger partial charge in [-0.2, -0.15) is 11.8 Å². The molecule has 1 aliphatic carbocycles. The molecule has 0 saturated carbocycles. The number of unbranched alkanes of at least 4 members (excludes halogenated alkanes) is 4. The van der Waals surface area contributed by atoms with Gasteiger partial charge in [0.25, 0.3) is 5.91 Å². The molecular formula is C37H40N4O8S. The van der Waals surface area contributed by atoms with Crippen LogP contribution in [0.4, 0.5) is 4.79 Å². The van der Waals surface area contributed by atoms with Crippen LogP contribution in [0.25, 0.3) is 33.4 Å². The van der Waals surface area contributed by atoms with Crippen molar-refractivity contribution in [3.8, 4) is 28.2 Å². The lowest BCUT2D eigenvalue weighted by atomic mass is 9.89. The minimum Gasteiger partial charge on any atom is -0.508 e. The summed E-state index contributed by atoms with van der Waals surface area (Å²) in [5.41, 5.74) is 1.47. The van der Waals surface area contributed by atoms with Crippen LogP contribution < -0.4 is 26.7 Å². The summed E-state index contributed by atoms with van der Waals surface area (Å²) in [6.07, 6.45) is 6.60. The highest BCUT2D eigenvalue weighted by atomic mass is 32.2. The molecule has 6 rings (SSSR count). The summed E-state index contributed by atoms with van der Waals surface area (Å²) in [5.74, 6) is -0.367. The molecule has 0 bridgehead atoms. The van der Waals surface area contributed by atoms with E-state index in [-0.39, 0.29) is 69.1 Å². The van der Waals surface area contributed by atoms with Crippen LogP contribution in [0.5, 0.6) is 5.75 Å². The van der Waals surface area contributed by atoms with Crippen LogP contribution in [0.15, 0.2) is 63.8 Å². The van der Waals surface area contributed by atoms with Gasteiger partial charge in [-0.3, -0.25) is 14.4 Å². The number of fused-ring (bicyclic) bond motifs is 3. The standard InChI is InChI=1S/C37H40N4O8S/c42-22-10-13-25-29(18-22)49-30-19-23(43)11-14-26(30)33(25)27-17-21(9-12-24(27)36(46)47)35(45)39-16-6-2-1-5-15-38-32(44)8-4-3-7-31-34-28(20-50-31)40-37(48)41-34/h9-14,17-19,28,31,34,42H,1-8,15-16,20H2,(H,38,44)(H,39,45)(H,46,47)(H2,40,41,48). The number of carboxylic acids is 1. The number of phenols is 1. The fourth-order valence-electron chi connectivity index (χ4n) is 6.73. The Morgan fingerprint density at radius 3 is 2.46 bits per heavy atom. The van der Waals surface area contributed by atoms with Gasteiger partial charge in [0.2, 0.25) is 5.91 Å². The van der Waals surface area contributed by atoms with Crippen LogP contribution in [0.1, 0.15) is 72.1 Å². The average molecular weight is 701 g/mol. The van der Waals surface area contributed by atoms with Crippen molar-refractivity contribution in [1.29, 1.82) is 0 Å². The normalized spacial score (nSPS) is 18.1. The molecule has 262 valence electrons. The molecule has 12 nitrogen and oxygen atoms in total. The molecule has 2 fully saturated rings. The van der Waals surface area contributed by atoms with Gasteiger partial charge < -0.3 is 35.9 Å². The third kappa shape index (κ3) is 8.05. The number of rotatable bonds is 15. The molecule has 50 heavy (non-hydrogen) atoms. The van der Waals surface area contributed by atoms with Gasteiger partial charge in [0, 0.05) is 64.7 Å². The van der Waals surface area contributed by atoms with Crippen LogP contribution in [-0.4, -0.2) is 70.2 Å². The highest BCUT2D eigenvalue weighted by molar-refractivity contribution is 8.00. The molecule has 4 amide bonds. The number of nitrogens with one attached hydrogen (secondary N) is 4. The minimum absolute atomic E-state index is 0.0269. The van der Waals surface area contributed by atoms with Crippen molar-refractivity contribution in [2.45, 2.75) is 68.7 Å². The van der Waals surface area contributed by atoms with Gasteiger partial charge in [-0.25, -0.2) is 9.59 Å². The highest BCUT2D eigenvalue weighted by Crippen LogP contribution is 2.42. The molecule has 0 spiro atoms. The van der Waals surface area contributed by atoms with Crippen LogP contribution in [0.2, 0.25) is 0 Å². The predicted octanol–water partition coefficient (Wildman–Crippen LogP) is 5.10. The Kier molecular flexibility index (Phi) is 10.9. The van der Waals surface area contributed by atoms with E-state index in [1.54, 1.807) is 12.1 Å². The SMILES string of the molecule is O=C(CCCCC1SCC2NC(=O)NC21)NCCCCCCNC(=O)c1ccc(C(=O)O)c(-c2c3ccc(=O)cc-3oc3cc(O)ccc23)c1. The van der Waals surface area contributed by atoms with Crippen molar-refractivity contribution >= 4 is 46.5 Å². The third-order valence-corrected chi connectivity index (χ3v) is 10.8. The van der Waals surface area contributed by atoms with E-state index in [1.165, 1.54) is 42.5 Å². The minimum atomic E-state index is -1.18. The second-order valence-corrected chi connectivity index (χ2v) is 14.0.